The van der Waals surface area contributed by atoms with Crippen molar-refractivity contribution in [3.8, 4) is 56.4 Å². The average Bonchev–Trinajstić information content (AvgIpc) is 3.31. The third kappa shape index (κ3) is 4.24. The molecule has 204 valence electrons. The molecule has 0 spiro atoms. The average molecular weight is 552 g/mol. The number of nitrogens with zero attached hydrogens (tertiary/aromatic N) is 3. The first-order chi connectivity index (χ1) is 21.1. The summed E-state index contributed by atoms with van der Waals surface area (Å²) >= 11 is 0. The van der Waals surface area contributed by atoms with E-state index in [0.29, 0.717) is 17.5 Å². The molecule has 0 radical (unpaired) electrons. The van der Waals surface area contributed by atoms with Crippen molar-refractivity contribution in [2.24, 2.45) is 0 Å². The summed E-state index contributed by atoms with van der Waals surface area (Å²) in [4.78, 5) is 14.6. The highest BCUT2D eigenvalue weighted by atomic mass is 15.0. The second-order valence-corrected chi connectivity index (χ2v) is 11.7. The van der Waals surface area contributed by atoms with Gasteiger partial charge >= 0.3 is 0 Å². The van der Waals surface area contributed by atoms with Crippen molar-refractivity contribution in [3.63, 3.8) is 0 Å². The highest BCUT2D eigenvalue weighted by Crippen LogP contribution is 2.51. The van der Waals surface area contributed by atoms with Crippen LogP contribution >= 0.6 is 0 Å². The van der Waals surface area contributed by atoms with Crippen molar-refractivity contribution in [2.75, 3.05) is 0 Å². The van der Waals surface area contributed by atoms with E-state index in [-0.39, 0.29) is 5.41 Å². The number of hydrogen-bond donors (Lipinski definition) is 0. The van der Waals surface area contributed by atoms with Crippen molar-refractivity contribution in [3.05, 3.63) is 151 Å². The molecule has 0 amide bonds. The Labute approximate surface area is 251 Å². The molecule has 1 aliphatic rings. The van der Waals surface area contributed by atoms with Gasteiger partial charge in [0.2, 0.25) is 0 Å². The first-order valence-corrected chi connectivity index (χ1v) is 14.7. The lowest BCUT2D eigenvalue weighted by Gasteiger charge is -2.23. The van der Waals surface area contributed by atoms with Crippen LogP contribution < -0.4 is 0 Å². The predicted molar refractivity (Wildman–Crippen MR) is 177 cm³/mol. The minimum Gasteiger partial charge on any atom is -0.208 e. The Morgan fingerprint density at radius 1 is 0.419 bits per heavy atom. The van der Waals surface area contributed by atoms with E-state index in [4.69, 9.17) is 15.0 Å². The first kappa shape index (κ1) is 25.3. The number of hydrogen-bond acceptors (Lipinski definition) is 3. The van der Waals surface area contributed by atoms with Gasteiger partial charge in [0, 0.05) is 22.1 Å². The molecule has 0 N–H and O–H groups in total. The third-order valence-electron chi connectivity index (χ3n) is 8.71. The van der Waals surface area contributed by atoms with Gasteiger partial charge in [-0.25, -0.2) is 15.0 Å². The monoisotopic (exact) mass is 551 g/mol. The van der Waals surface area contributed by atoms with E-state index >= 15 is 0 Å². The Bertz CT molecular complexity index is 2070. The standard InChI is InChI=1S/C40H29N3/c1-40(2)35-16-10-9-15-33(35)34-24-22-31-25-30(21-23-32(31)36(34)40)26-17-19-29(20-18-26)39-42-37(27-11-5-3-6-12-27)41-38(43-39)28-13-7-4-8-14-28/h3-25H,1-2H3. The van der Waals surface area contributed by atoms with Crippen LogP contribution in [-0.2, 0) is 5.41 Å². The van der Waals surface area contributed by atoms with Crippen LogP contribution in [0.1, 0.15) is 25.0 Å². The lowest BCUT2D eigenvalue weighted by Crippen LogP contribution is -2.15. The minimum atomic E-state index is -0.0314. The molecule has 0 atom stereocenters. The lowest BCUT2D eigenvalue weighted by molar-refractivity contribution is 0.666. The zero-order valence-electron chi connectivity index (χ0n) is 24.1. The lowest BCUT2D eigenvalue weighted by atomic mass is 9.80. The smallest absolute Gasteiger partial charge is 0.164 e. The molecule has 8 rings (SSSR count). The summed E-state index contributed by atoms with van der Waals surface area (Å²) in [6.07, 6.45) is 0. The highest BCUT2D eigenvalue weighted by molar-refractivity contribution is 5.99. The van der Waals surface area contributed by atoms with Crippen LogP contribution in [0.15, 0.2) is 140 Å². The van der Waals surface area contributed by atoms with E-state index in [9.17, 15) is 0 Å². The number of fused-ring (bicyclic) bond motifs is 5. The van der Waals surface area contributed by atoms with Crippen molar-refractivity contribution in [2.45, 2.75) is 19.3 Å². The Morgan fingerprint density at radius 2 is 0.930 bits per heavy atom. The van der Waals surface area contributed by atoms with Gasteiger partial charge in [-0.05, 0) is 50.2 Å². The van der Waals surface area contributed by atoms with Crippen LogP contribution in [0.4, 0.5) is 0 Å². The number of aromatic nitrogens is 3. The van der Waals surface area contributed by atoms with E-state index in [2.05, 4.69) is 92.7 Å². The summed E-state index contributed by atoms with van der Waals surface area (Å²) in [5.74, 6) is 2.00. The molecule has 0 saturated heterocycles. The fourth-order valence-corrected chi connectivity index (χ4v) is 6.55. The molecule has 7 aromatic rings. The van der Waals surface area contributed by atoms with Gasteiger partial charge in [0.25, 0.3) is 0 Å². The third-order valence-corrected chi connectivity index (χ3v) is 8.71. The van der Waals surface area contributed by atoms with Gasteiger partial charge in [-0.1, -0.05) is 147 Å². The summed E-state index contributed by atoms with van der Waals surface area (Å²) in [5, 5.41) is 2.59. The summed E-state index contributed by atoms with van der Waals surface area (Å²) < 4.78 is 0. The van der Waals surface area contributed by atoms with E-state index in [1.54, 1.807) is 0 Å². The summed E-state index contributed by atoms with van der Waals surface area (Å²) in [5.41, 5.74) is 10.7. The van der Waals surface area contributed by atoms with Crippen molar-refractivity contribution in [1.29, 1.82) is 0 Å². The molecule has 1 aromatic heterocycles. The summed E-state index contributed by atoms with van der Waals surface area (Å²) in [6, 6.07) is 49.0. The second kappa shape index (κ2) is 9.85. The van der Waals surface area contributed by atoms with Crippen molar-refractivity contribution < 1.29 is 0 Å². The SMILES string of the molecule is CC1(C)c2ccccc2-c2ccc3cc(-c4ccc(-c5nc(-c6ccccc6)nc(-c6ccccc6)n5)cc4)ccc3c21. The largest absolute Gasteiger partial charge is 0.208 e. The fraction of sp³-hybridized carbons (Fsp3) is 0.0750. The van der Waals surface area contributed by atoms with Gasteiger partial charge in [0.1, 0.15) is 0 Å². The molecule has 0 saturated carbocycles. The second-order valence-electron chi connectivity index (χ2n) is 11.7. The Balaban J connectivity index is 1.17. The first-order valence-electron chi connectivity index (χ1n) is 14.7. The van der Waals surface area contributed by atoms with E-state index in [1.807, 2.05) is 60.7 Å². The molecular weight excluding hydrogens is 522 g/mol. The topological polar surface area (TPSA) is 38.7 Å². The van der Waals surface area contributed by atoms with E-state index in [1.165, 1.54) is 38.6 Å². The van der Waals surface area contributed by atoms with Gasteiger partial charge in [-0.3, -0.25) is 0 Å². The van der Waals surface area contributed by atoms with Crippen LogP contribution in [0.25, 0.3) is 67.2 Å². The zero-order chi connectivity index (χ0) is 29.0. The molecule has 1 aliphatic carbocycles. The van der Waals surface area contributed by atoms with Crippen LogP contribution in [0, 0.1) is 0 Å². The molecule has 1 heterocycles. The Hall–Kier alpha value is -5.41. The highest BCUT2D eigenvalue weighted by Gasteiger charge is 2.36. The maximum Gasteiger partial charge on any atom is 0.164 e. The van der Waals surface area contributed by atoms with E-state index in [0.717, 1.165) is 22.3 Å². The van der Waals surface area contributed by atoms with Crippen molar-refractivity contribution in [1.82, 2.24) is 15.0 Å². The number of benzene rings is 6. The predicted octanol–water partition coefficient (Wildman–Crippen LogP) is 10.00. The molecule has 0 aliphatic heterocycles. The molecule has 0 fully saturated rings. The molecule has 43 heavy (non-hydrogen) atoms. The number of rotatable bonds is 4. The van der Waals surface area contributed by atoms with Crippen LogP contribution in [-0.4, -0.2) is 15.0 Å². The van der Waals surface area contributed by atoms with Gasteiger partial charge in [-0.2, -0.15) is 0 Å². The molecule has 0 unspecified atom stereocenters. The molecule has 0 bridgehead atoms. The normalized spacial score (nSPS) is 13.1. The summed E-state index contributed by atoms with van der Waals surface area (Å²) in [6.45, 7) is 4.69. The molecule has 3 nitrogen and oxygen atoms in total. The maximum atomic E-state index is 4.88. The molecule has 6 aromatic carbocycles. The summed E-state index contributed by atoms with van der Waals surface area (Å²) in [7, 11) is 0. The van der Waals surface area contributed by atoms with Crippen LogP contribution in [0.3, 0.4) is 0 Å². The van der Waals surface area contributed by atoms with Crippen LogP contribution in [0.5, 0.6) is 0 Å². The molecular formula is C40H29N3. The fourth-order valence-electron chi connectivity index (χ4n) is 6.55. The van der Waals surface area contributed by atoms with Gasteiger partial charge in [0.15, 0.2) is 17.5 Å². The van der Waals surface area contributed by atoms with E-state index < -0.39 is 0 Å². The quantitative estimate of drug-likeness (QED) is 0.218. The Morgan fingerprint density at radius 3 is 1.56 bits per heavy atom. The maximum absolute atomic E-state index is 4.88. The Kier molecular flexibility index (Phi) is 5.80. The van der Waals surface area contributed by atoms with Gasteiger partial charge in [0.05, 0.1) is 0 Å². The zero-order valence-corrected chi connectivity index (χ0v) is 24.1. The van der Waals surface area contributed by atoms with Gasteiger partial charge < -0.3 is 0 Å². The van der Waals surface area contributed by atoms with Crippen LogP contribution in [0.2, 0.25) is 0 Å². The minimum absolute atomic E-state index is 0.0314. The van der Waals surface area contributed by atoms with Crippen molar-refractivity contribution >= 4 is 10.8 Å². The van der Waals surface area contributed by atoms with Gasteiger partial charge in [-0.15, -0.1) is 0 Å². The molecule has 3 heteroatoms.